The van der Waals surface area contributed by atoms with Crippen molar-refractivity contribution in [2.45, 2.75) is 6.54 Å². The van der Waals surface area contributed by atoms with E-state index in [0.29, 0.717) is 22.8 Å². The Bertz CT molecular complexity index is 890. The van der Waals surface area contributed by atoms with Crippen molar-refractivity contribution < 1.29 is 4.79 Å². The molecule has 3 aromatic rings. The maximum absolute atomic E-state index is 12.3. The van der Waals surface area contributed by atoms with E-state index in [1.54, 1.807) is 30.5 Å². The lowest BCUT2D eigenvalue weighted by molar-refractivity contribution is 0.0951. The number of benzene rings is 2. The van der Waals surface area contributed by atoms with Crippen LogP contribution in [0.15, 0.2) is 66.9 Å². The van der Waals surface area contributed by atoms with Crippen LogP contribution in [0, 0.1) is 0 Å². The molecule has 0 aliphatic rings. The minimum absolute atomic E-state index is 0.111. The van der Waals surface area contributed by atoms with Gasteiger partial charge < -0.3 is 10.2 Å². The van der Waals surface area contributed by atoms with E-state index in [-0.39, 0.29) is 5.91 Å². The van der Waals surface area contributed by atoms with Crippen molar-refractivity contribution in [2.75, 3.05) is 19.0 Å². The van der Waals surface area contributed by atoms with Crippen LogP contribution >= 0.6 is 11.6 Å². The van der Waals surface area contributed by atoms with Gasteiger partial charge >= 0.3 is 0 Å². The van der Waals surface area contributed by atoms with E-state index in [1.165, 1.54) is 0 Å². The topological polar surface area (TPSA) is 45.2 Å². The number of pyridine rings is 1. The molecule has 1 heterocycles. The fraction of sp³-hybridized carbons (Fsp3) is 0.143. The van der Waals surface area contributed by atoms with E-state index in [4.69, 9.17) is 11.6 Å². The molecular weight excluding hydrogens is 346 g/mol. The van der Waals surface area contributed by atoms with E-state index in [9.17, 15) is 4.79 Å². The zero-order chi connectivity index (χ0) is 18.5. The lowest BCUT2D eigenvalue weighted by Crippen LogP contribution is -2.22. The van der Waals surface area contributed by atoms with Crippen LogP contribution in [0.5, 0.6) is 0 Å². The zero-order valence-electron chi connectivity index (χ0n) is 14.7. The molecule has 0 aliphatic heterocycles. The maximum atomic E-state index is 12.3. The third-order valence-corrected chi connectivity index (χ3v) is 4.39. The number of carbonyl (C=O) groups is 1. The highest BCUT2D eigenvalue weighted by atomic mass is 35.5. The standard InChI is InChI=1S/C21H20ClN3O/c1-25(2)18-11-5-15(6-12-18)14-24-21(26)17-9-7-16(8-10-17)20-19(22)4-3-13-23-20/h3-13H,14H2,1-2H3,(H,24,26). The summed E-state index contributed by atoms with van der Waals surface area (Å²) in [5, 5.41) is 3.53. The summed E-state index contributed by atoms with van der Waals surface area (Å²) in [4.78, 5) is 18.7. The Morgan fingerprint density at radius 3 is 2.35 bits per heavy atom. The molecule has 0 fully saturated rings. The van der Waals surface area contributed by atoms with Crippen LogP contribution in [0.25, 0.3) is 11.3 Å². The van der Waals surface area contributed by atoms with Crippen molar-refractivity contribution in [1.82, 2.24) is 10.3 Å². The van der Waals surface area contributed by atoms with Crippen molar-refractivity contribution in [3.05, 3.63) is 83.0 Å². The number of nitrogens with zero attached hydrogens (tertiary/aromatic N) is 2. The third kappa shape index (κ3) is 4.21. The minimum atomic E-state index is -0.111. The SMILES string of the molecule is CN(C)c1ccc(CNC(=O)c2ccc(-c3ncccc3Cl)cc2)cc1. The average molecular weight is 366 g/mol. The molecule has 132 valence electrons. The normalized spacial score (nSPS) is 10.4. The van der Waals surface area contributed by atoms with Gasteiger partial charge in [-0.1, -0.05) is 35.9 Å². The summed E-state index contributed by atoms with van der Waals surface area (Å²) in [6.45, 7) is 0.486. The summed E-state index contributed by atoms with van der Waals surface area (Å²) in [6, 6.07) is 19.0. The molecule has 1 amide bonds. The number of amides is 1. The second-order valence-electron chi connectivity index (χ2n) is 6.15. The molecule has 1 aromatic heterocycles. The molecule has 2 aromatic carbocycles. The largest absolute Gasteiger partial charge is 0.378 e. The van der Waals surface area contributed by atoms with Gasteiger partial charge in [-0.05, 0) is 42.0 Å². The van der Waals surface area contributed by atoms with Crippen LogP contribution in [0.2, 0.25) is 5.02 Å². The van der Waals surface area contributed by atoms with Crippen molar-refractivity contribution in [2.24, 2.45) is 0 Å². The zero-order valence-corrected chi connectivity index (χ0v) is 15.5. The monoisotopic (exact) mass is 365 g/mol. The van der Waals surface area contributed by atoms with Gasteiger partial charge in [0.2, 0.25) is 0 Å². The predicted octanol–water partition coefficient (Wildman–Crippen LogP) is 4.40. The molecule has 0 saturated carbocycles. The Morgan fingerprint density at radius 1 is 1.04 bits per heavy atom. The lowest BCUT2D eigenvalue weighted by Gasteiger charge is -2.13. The molecule has 0 saturated heterocycles. The second-order valence-corrected chi connectivity index (χ2v) is 6.56. The molecule has 26 heavy (non-hydrogen) atoms. The minimum Gasteiger partial charge on any atom is -0.378 e. The molecule has 0 atom stereocenters. The number of nitrogens with one attached hydrogen (secondary N) is 1. The number of hydrogen-bond donors (Lipinski definition) is 1. The molecular formula is C21H20ClN3O. The van der Waals surface area contributed by atoms with Gasteiger partial charge in [0.15, 0.2) is 0 Å². The Labute approximate surface area is 158 Å². The molecule has 3 rings (SSSR count). The number of aromatic nitrogens is 1. The second kappa shape index (κ2) is 8.02. The first-order chi connectivity index (χ1) is 12.5. The molecule has 0 unspecified atom stereocenters. The summed E-state index contributed by atoms with van der Waals surface area (Å²) < 4.78 is 0. The van der Waals surface area contributed by atoms with E-state index in [0.717, 1.165) is 16.8 Å². The molecule has 1 N–H and O–H groups in total. The van der Waals surface area contributed by atoms with Gasteiger partial charge in [0, 0.05) is 43.7 Å². The van der Waals surface area contributed by atoms with Gasteiger partial charge in [-0.25, -0.2) is 0 Å². The van der Waals surface area contributed by atoms with Gasteiger partial charge in [-0.3, -0.25) is 9.78 Å². The van der Waals surface area contributed by atoms with E-state index in [1.807, 2.05) is 55.4 Å². The van der Waals surface area contributed by atoms with Crippen LogP contribution in [0.4, 0.5) is 5.69 Å². The third-order valence-electron chi connectivity index (χ3n) is 4.08. The van der Waals surface area contributed by atoms with Crippen LogP contribution in [0.3, 0.4) is 0 Å². The van der Waals surface area contributed by atoms with E-state index in [2.05, 4.69) is 10.3 Å². The van der Waals surface area contributed by atoms with Crippen molar-refractivity contribution in [3.8, 4) is 11.3 Å². The Hall–Kier alpha value is -2.85. The number of carbonyl (C=O) groups excluding carboxylic acids is 1. The summed E-state index contributed by atoms with van der Waals surface area (Å²) in [5.74, 6) is -0.111. The Morgan fingerprint density at radius 2 is 1.73 bits per heavy atom. The van der Waals surface area contributed by atoms with E-state index >= 15 is 0 Å². The predicted molar refractivity (Wildman–Crippen MR) is 107 cm³/mol. The van der Waals surface area contributed by atoms with Gasteiger partial charge in [-0.2, -0.15) is 0 Å². The highest BCUT2D eigenvalue weighted by Crippen LogP contribution is 2.25. The highest BCUT2D eigenvalue weighted by molar-refractivity contribution is 6.33. The highest BCUT2D eigenvalue weighted by Gasteiger charge is 2.08. The van der Waals surface area contributed by atoms with Gasteiger partial charge in [0.25, 0.3) is 5.91 Å². The van der Waals surface area contributed by atoms with Crippen molar-refractivity contribution in [1.29, 1.82) is 0 Å². The van der Waals surface area contributed by atoms with Crippen molar-refractivity contribution in [3.63, 3.8) is 0 Å². The lowest BCUT2D eigenvalue weighted by atomic mass is 10.1. The molecule has 5 heteroatoms. The molecule has 0 aliphatic carbocycles. The van der Waals surface area contributed by atoms with Gasteiger partial charge in [0.05, 0.1) is 10.7 Å². The van der Waals surface area contributed by atoms with Gasteiger partial charge in [-0.15, -0.1) is 0 Å². The molecule has 4 nitrogen and oxygen atoms in total. The number of hydrogen-bond acceptors (Lipinski definition) is 3. The fourth-order valence-electron chi connectivity index (χ4n) is 2.57. The van der Waals surface area contributed by atoms with E-state index < -0.39 is 0 Å². The van der Waals surface area contributed by atoms with Gasteiger partial charge in [0.1, 0.15) is 0 Å². The Balaban J connectivity index is 1.64. The number of halogens is 1. The first kappa shape index (κ1) is 18.0. The summed E-state index contributed by atoms with van der Waals surface area (Å²) in [6.07, 6.45) is 1.70. The van der Waals surface area contributed by atoms with Crippen LogP contribution in [0.1, 0.15) is 15.9 Å². The fourth-order valence-corrected chi connectivity index (χ4v) is 2.80. The van der Waals surface area contributed by atoms with Crippen molar-refractivity contribution >= 4 is 23.2 Å². The quantitative estimate of drug-likeness (QED) is 0.729. The van der Waals surface area contributed by atoms with Crippen LogP contribution < -0.4 is 10.2 Å². The summed E-state index contributed by atoms with van der Waals surface area (Å²) in [5.41, 5.74) is 4.38. The maximum Gasteiger partial charge on any atom is 0.251 e. The number of anilines is 1. The average Bonchev–Trinajstić information content (AvgIpc) is 2.67. The molecule has 0 bridgehead atoms. The molecule has 0 spiro atoms. The molecule has 0 radical (unpaired) electrons. The van der Waals surface area contributed by atoms with Crippen LogP contribution in [-0.2, 0) is 6.54 Å². The smallest absolute Gasteiger partial charge is 0.251 e. The summed E-state index contributed by atoms with van der Waals surface area (Å²) in [7, 11) is 4.00. The first-order valence-electron chi connectivity index (χ1n) is 8.30. The number of rotatable bonds is 5. The summed E-state index contributed by atoms with van der Waals surface area (Å²) >= 11 is 6.16. The van der Waals surface area contributed by atoms with Crippen LogP contribution in [-0.4, -0.2) is 25.0 Å². The Kier molecular flexibility index (Phi) is 5.54. The first-order valence-corrected chi connectivity index (χ1v) is 8.68.